The van der Waals surface area contributed by atoms with Gasteiger partial charge in [-0.05, 0) is 42.7 Å². The van der Waals surface area contributed by atoms with Gasteiger partial charge < -0.3 is 15.0 Å². The lowest BCUT2D eigenvalue weighted by atomic mass is 10.0. The fourth-order valence-electron chi connectivity index (χ4n) is 3.71. The number of benzene rings is 3. The number of nitrogens with one attached hydrogen (secondary N) is 1. The average Bonchev–Trinajstić information content (AvgIpc) is 2.86. The first-order valence-corrected chi connectivity index (χ1v) is 12.4. The van der Waals surface area contributed by atoms with Crippen molar-refractivity contribution in [1.29, 1.82) is 0 Å². The van der Waals surface area contributed by atoms with Gasteiger partial charge in [-0.1, -0.05) is 84.7 Å². The van der Waals surface area contributed by atoms with E-state index in [2.05, 4.69) is 5.32 Å². The second-order valence-corrected chi connectivity index (χ2v) is 9.09. The third-order valence-corrected chi connectivity index (χ3v) is 6.36. The van der Waals surface area contributed by atoms with Gasteiger partial charge >= 0.3 is 0 Å². The third-order valence-electron chi connectivity index (χ3n) is 5.66. The number of carbonyl (C=O) groups is 2. The van der Waals surface area contributed by atoms with E-state index in [1.807, 2.05) is 68.4 Å². The maximum absolute atomic E-state index is 13.6. The Morgan fingerprint density at radius 1 is 0.943 bits per heavy atom. The van der Waals surface area contributed by atoms with Crippen LogP contribution in [0.2, 0.25) is 10.0 Å². The number of aryl methyl sites for hydroxylation is 1. The van der Waals surface area contributed by atoms with Crippen molar-refractivity contribution in [3.05, 3.63) is 99.5 Å². The summed E-state index contributed by atoms with van der Waals surface area (Å²) < 4.78 is 5.85. The van der Waals surface area contributed by atoms with Crippen molar-refractivity contribution in [2.24, 2.45) is 0 Å². The molecule has 0 spiro atoms. The van der Waals surface area contributed by atoms with Gasteiger partial charge in [0.1, 0.15) is 11.8 Å². The standard InChI is InChI=1S/C28H30Cl2N2O3/c1-3-16-31-28(34)25(17-21-11-5-4-6-12-21)32(18-22-23(29)13-9-14-24(22)30)27(33)19-35-26-15-8-7-10-20(26)2/h4-15,25H,3,16-19H2,1-2H3,(H,31,34). The smallest absolute Gasteiger partial charge is 0.261 e. The van der Waals surface area contributed by atoms with Crippen LogP contribution in [0.15, 0.2) is 72.8 Å². The van der Waals surface area contributed by atoms with Gasteiger partial charge in [-0.25, -0.2) is 0 Å². The predicted molar refractivity (Wildman–Crippen MR) is 141 cm³/mol. The lowest BCUT2D eigenvalue weighted by Crippen LogP contribution is -2.51. The van der Waals surface area contributed by atoms with E-state index in [-0.39, 0.29) is 25.0 Å². The summed E-state index contributed by atoms with van der Waals surface area (Å²) in [5.41, 5.74) is 2.44. The Bertz CT molecular complexity index is 1120. The Morgan fingerprint density at radius 2 is 1.60 bits per heavy atom. The molecule has 0 aliphatic heterocycles. The molecular weight excluding hydrogens is 483 g/mol. The van der Waals surface area contributed by atoms with E-state index in [1.165, 1.54) is 4.90 Å². The molecule has 184 valence electrons. The van der Waals surface area contributed by atoms with Crippen molar-refractivity contribution in [2.45, 2.75) is 39.3 Å². The molecule has 7 heteroatoms. The van der Waals surface area contributed by atoms with Crippen LogP contribution in [0.5, 0.6) is 5.75 Å². The van der Waals surface area contributed by atoms with Crippen LogP contribution >= 0.6 is 23.2 Å². The topological polar surface area (TPSA) is 58.6 Å². The molecule has 0 saturated carbocycles. The first kappa shape index (κ1) is 26.6. The van der Waals surface area contributed by atoms with Crippen molar-refractivity contribution in [2.75, 3.05) is 13.2 Å². The first-order valence-electron chi connectivity index (χ1n) is 11.6. The Hall–Kier alpha value is -3.02. The number of nitrogens with zero attached hydrogens (tertiary/aromatic N) is 1. The molecule has 0 radical (unpaired) electrons. The van der Waals surface area contributed by atoms with E-state index in [0.29, 0.717) is 34.3 Å². The van der Waals surface area contributed by atoms with E-state index in [0.717, 1.165) is 17.5 Å². The Kier molecular flexibility index (Phi) is 10.0. The minimum absolute atomic E-state index is 0.0749. The Morgan fingerprint density at radius 3 is 2.26 bits per heavy atom. The SMILES string of the molecule is CCCNC(=O)C(Cc1ccccc1)N(Cc1c(Cl)cccc1Cl)C(=O)COc1ccccc1C. The van der Waals surface area contributed by atoms with Crippen LogP contribution in [0, 0.1) is 6.92 Å². The van der Waals surface area contributed by atoms with E-state index in [4.69, 9.17) is 27.9 Å². The van der Waals surface area contributed by atoms with E-state index in [9.17, 15) is 9.59 Å². The molecule has 1 N–H and O–H groups in total. The molecule has 5 nitrogen and oxygen atoms in total. The van der Waals surface area contributed by atoms with Gasteiger partial charge in [0.15, 0.2) is 6.61 Å². The van der Waals surface area contributed by atoms with Gasteiger partial charge in [0.2, 0.25) is 5.91 Å². The molecule has 0 heterocycles. The number of amides is 2. The van der Waals surface area contributed by atoms with Gasteiger partial charge in [0, 0.05) is 35.1 Å². The van der Waals surface area contributed by atoms with Crippen LogP contribution in [-0.2, 0) is 22.6 Å². The van der Waals surface area contributed by atoms with Crippen LogP contribution < -0.4 is 10.1 Å². The Balaban J connectivity index is 1.95. The van der Waals surface area contributed by atoms with Crippen LogP contribution in [0.1, 0.15) is 30.0 Å². The molecule has 0 aliphatic carbocycles. The average molecular weight is 513 g/mol. The Labute approximate surface area is 217 Å². The van der Waals surface area contributed by atoms with Crippen molar-refractivity contribution >= 4 is 35.0 Å². The largest absolute Gasteiger partial charge is 0.484 e. The number of para-hydroxylation sites is 1. The highest BCUT2D eigenvalue weighted by Gasteiger charge is 2.31. The van der Waals surface area contributed by atoms with Gasteiger partial charge in [0.05, 0.1) is 0 Å². The highest BCUT2D eigenvalue weighted by atomic mass is 35.5. The minimum Gasteiger partial charge on any atom is -0.484 e. The van der Waals surface area contributed by atoms with Gasteiger partial charge in [-0.2, -0.15) is 0 Å². The molecule has 1 unspecified atom stereocenters. The molecule has 0 aromatic heterocycles. The van der Waals surface area contributed by atoms with Crippen LogP contribution in [0.4, 0.5) is 0 Å². The maximum atomic E-state index is 13.6. The summed E-state index contributed by atoms with van der Waals surface area (Å²) in [5, 5.41) is 3.81. The molecule has 1 atom stereocenters. The van der Waals surface area contributed by atoms with Crippen molar-refractivity contribution < 1.29 is 14.3 Å². The quantitative estimate of drug-likeness (QED) is 0.350. The van der Waals surface area contributed by atoms with Gasteiger partial charge in [0.25, 0.3) is 5.91 Å². The summed E-state index contributed by atoms with van der Waals surface area (Å²) in [5.74, 6) is 0.0477. The molecule has 3 aromatic rings. The molecule has 35 heavy (non-hydrogen) atoms. The lowest BCUT2D eigenvalue weighted by molar-refractivity contribution is -0.142. The maximum Gasteiger partial charge on any atom is 0.261 e. The van der Waals surface area contributed by atoms with E-state index in [1.54, 1.807) is 18.2 Å². The summed E-state index contributed by atoms with van der Waals surface area (Å²) in [6, 6.07) is 21.5. The van der Waals surface area contributed by atoms with Crippen LogP contribution in [0.3, 0.4) is 0 Å². The normalized spacial score (nSPS) is 11.5. The lowest BCUT2D eigenvalue weighted by Gasteiger charge is -2.32. The monoisotopic (exact) mass is 512 g/mol. The second kappa shape index (κ2) is 13.2. The second-order valence-electron chi connectivity index (χ2n) is 8.27. The number of hydrogen-bond donors (Lipinski definition) is 1. The van der Waals surface area contributed by atoms with Crippen molar-refractivity contribution in [3.8, 4) is 5.75 Å². The first-order chi connectivity index (χ1) is 16.9. The van der Waals surface area contributed by atoms with E-state index < -0.39 is 6.04 Å². The zero-order valence-corrected chi connectivity index (χ0v) is 21.5. The molecule has 0 aliphatic rings. The number of rotatable bonds is 11. The summed E-state index contributed by atoms with van der Waals surface area (Å²) >= 11 is 12.9. The molecule has 3 aromatic carbocycles. The fraction of sp³-hybridized carbons (Fsp3) is 0.286. The zero-order valence-electron chi connectivity index (χ0n) is 20.0. The molecule has 2 amide bonds. The fourth-order valence-corrected chi connectivity index (χ4v) is 4.23. The van der Waals surface area contributed by atoms with Crippen molar-refractivity contribution in [3.63, 3.8) is 0 Å². The van der Waals surface area contributed by atoms with Crippen LogP contribution in [0.25, 0.3) is 0 Å². The zero-order chi connectivity index (χ0) is 25.2. The summed E-state index contributed by atoms with van der Waals surface area (Å²) in [4.78, 5) is 28.4. The molecule has 0 fully saturated rings. The molecular formula is C28H30Cl2N2O3. The number of halogens is 2. The summed E-state index contributed by atoms with van der Waals surface area (Å²) in [6.45, 7) is 4.26. The number of ether oxygens (including phenoxy) is 1. The number of carbonyl (C=O) groups excluding carboxylic acids is 2. The molecule has 0 saturated heterocycles. The summed E-state index contributed by atoms with van der Waals surface area (Å²) in [7, 11) is 0. The number of hydrogen-bond acceptors (Lipinski definition) is 3. The predicted octanol–water partition coefficient (Wildman–Crippen LogP) is 5.85. The van der Waals surface area contributed by atoms with Crippen molar-refractivity contribution in [1.82, 2.24) is 10.2 Å². The highest BCUT2D eigenvalue weighted by molar-refractivity contribution is 6.36. The highest BCUT2D eigenvalue weighted by Crippen LogP contribution is 2.27. The van der Waals surface area contributed by atoms with E-state index >= 15 is 0 Å². The van der Waals surface area contributed by atoms with Gasteiger partial charge in [-0.3, -0.25) is 9.59 Å². The minimum atomic E-state index is -0.774. The summed E-state index contributed by atoms with van der Waals surface area (Å²) in [6.07, 6.45) is 1.12. The molecule has 0 bridgehead atoms. The van der Waals surface area contributed by atoms with Gasteiger partial charge in [-0.15, -0.1) is 0 Å². The molecule has 3 rings (SSSR count). The van der Waals surface area contributed by atoms with Crippen LogP contribution in [-0.4, -0.2) is 35.9 Å². The third kappa shape index (κ3) is 7.48.